The Morgan fingerprint density at radius 3 is 2.58 bits per heavy atom. The normalized spacial score (nSPS) is 15.5. The molecule has 0 unspecified atom stereocenters. The Morgan fingerprint density at radius 2 is 2.00 bits per heavy atom. The monoisotopic (exact) mass is 281 g/mol. The predicted octanol–water partition coefficient (Wildman–Crippen LogP) is 2.81. The van der Waals surface area contributed by atoms with Crippen LogP contribution in [0, 0.1) is 6.92 Å². The van der Waals surface area contributed by atoms with Crippen molar-refractivity contribution in [3.05, 3.63) is 41.2 Å². The van der Waals surface area contributed by atoms with Crippen LogP contribution < -0.4 is 0 Å². The summed E-state index contributed by atoms with van der Waals surface area (Å²) in [4.78, 5) is 0. The average molecular weight is 281 g/mol. The van der Waals surface area contributed by atoms with Gasteiger partial charge in [0.05, 0.1) is 5.75 Å². The van der Waals surface area contributed by atoms with E-state index in [4.69, 9.17) is 4.55 Å². The van der Waals surface area contributed by atoms with Crippen LogP contribution in [0.4, 0.5) is 0 Å². The second-order valence-electron chi connectivity index (χ2n) is 5.03. The van der Waals surface area contributed by atoms with Crippen molar-refractivity contribution in [2.24, 2.45) is 0 Å². The summed E-state index contributed by atoms with van der Waals surface area (Å²) < 4.78 is 32.4. The zero-order valence-corrected chi connectivity index (χ0v) is 12.1. The van der Waals surface area contributed by atoms with E-state index in [2.05, 4.69) is 29.7 Å². The summed E-state index contributed by atoms with van der Waals surface area (Å²) in [5.41, 5.74) is 4.84. The predicted molar refractivity (Wildman–Crippen MR) is 76.6 cm³/mol. The fraction of sp³-hybridized carbons (Fsp3) is 0.429. The molecule has 0 amide bonds. The maximum absolute atomic E-state index is 10.8. The lowest BCUT2D eigenvalue weighted by Gasteiger charge is -2.12. The molecule has 0 saturated heterocycles. The first-order chi connectivity index (χ1) is 8.87. The van der Waals surface area contributed by atoms with Gasteiger partial charge in [-0.2, -0.15) is 8.42 Å². The zero-order chi connectivity index (χ0) is 14.0. The molecule has 104 valence electrons. The number of nitrogens with zero attached hydrogens (tertiary/aromatic N) is 1. The minimum Gasteiger partial charge on any atom is -0.345 e. The Bertz CT molecular complexity index is 636. The molecule has 1 aliphatic carbocycles. The molecular formula is C14H19NO3S. The van der Waals surface area contributed by atoms with Crippen molar-refractivity contribution in [1.82, 2.24) is 4.57 Å². The fourth-order valence-corrected chi connectivity index (χ4v) is 2.88. The van der Waals surface area contributed by atoms with Crippen molar-refractivity contribution >= 4 is 15.7 Å². The lowest BCUT2D eigenvalue weighted by atomic mass is 10.1. The number of hydrogen-bond donors (Lipinski definition) is 1. The minimum atomic E-state index is -3.87. The summed E-state index contributed by atoms with van der Waals surface area (Å²) in [5.74, 6) is -0.194. The first-order valence-corrected chi connectivity index (χ1v) is 7.96. The molecule has 2 rings (SSSR count). The summed E-state index contributed by atoms with van der Waals surface area (Å²) in [5, 5.41) is 0. The summed E-state index contributed by atoms with van der Waals surface area (Å²) in [6.07, 6.45) is 5.59. The molecule has 19 heavy (non-hydrogen) atoms. The molecule has 0 atom stereocenters. The Labute approximate surface area is 114 Å². The molecule has 0 fully saturated rings. The maximum atomic E-state index is 10.8. The van der Waals surface area contributed by atoms with Crippen molar-refractivity contribution in [3.8, 4) is 0 Å². The topological polar surface area (TPSA) is 59.3 Å². The van der Waals surface area contributed by atoms with E-state index in [1.807, 2.05) is 13.0 Å². The molecule has 1 heterocycles. The first-order valence-electron chi connectivity index (χ1n) is 6.35. The van der Waals surface area contributed by atoms with Crippen LogP contribution in [-0.2, 0) is 16.7 Å². The molecule has 1 aliphatic rings. The molecule has 0 spiro atoms. The van der Waals surface area contributed by atoms with Crippen LogP contribution in [0.25, 0.3) is 5.57 Å². The van der Waals surface area contributed by atoms with Crippen LogP contribution in [0.15, 0.2) is 29.9 Å². The molecule has 1 N–H and O–H groups in total. The lowest BCUT2D eigenvalue weighted by Crippen LogP contribution is -2.10. The quantitative estimate of drug-likeness (QED) is 0.844. The van der Waals surface area contributed by atoms with Gasteiger partial charge in [0.1, 0.15) is 0 Å². The van der Waals surface area contributed by atoms with Gasteiger partial charge in [-0.1, -0.05) is 17.7 Å². The van der Waals surface area contributed by atoms with E-state index in [0.717, 1.165) is 17.8 Å². The van der Waals surface area contributed by atoms with E-state index >= 15 is 0 Å². The van der Waals surface area contributed by atoms with E-state index in [1.54, 1.807) is 0 Å². The maximum Gasteiger partial charge on any atom is 0.264 e. The molecule has 0 aromatic carbocycles. The molecule has 4 nitrogen and oxygen atoms in total. The minimum absolute atomic E-state index is 0.194. The van der Waals surface area contributed by atoms with Crippen LogP contribution >= 0.6 is 0 Å². The van der Waals surface area contributed by atoms with Crippen LogP contribution in [0.3, 0.4) is 0 Å². The van der Waals surface area contributed by atoms with Crippen molar-refractivity contribution in [3.63, 3.8) is 0 Å². The number of aromatic nitrogens is 1. The molecule has 5 heteroatoms. The van der Waals surface area contributed by atoms with E-state index in [0.29, 0.717) is 13.0 Å². The van der Waals surface area contributed by atoms with Gasteiger partial charge in [-0.15, -0.1) is 0 Å². The van der Waals surface area contributed by atoms with Gasteiger partial charge in [-0.05, 0) is 44.4 Å². The van der Waals surface area contributed by atoms with Crippen LogP contribution in [-0.4, -0.2) is 23.3 Å². The largest absolute Gasteiger partial charge is 0.345 e. The molecular weight excluding hydrogens is 262 g/mol. The molecule has 1 aromatic heterocycles. The summed E-state index contributed by atoms with van der Waals surface area (Å²) in [6, 6.07) is 4.11. The van der Waals surface area contributed by atoms with Gasteiger partial charge in [0.15, 0.2) is 0 Å². The smallest absolute Gasteiger partial charge is 0.264 e. The van der Waals surface area contributed by atoms with Gasteiger partial charge in [-0.25, -0.2) is 0 Å². The third-order valence-corrected chi connectivity index (χ3v) is 4.15. The highest BCUT2D eigenvalue weighted by Crippen LogP contribution is 2.29. The van der Waals surface area contributed by atoms with Gasteiger partial charge in [0, 0.05) is 17.9 Å². The number of allylic oxidation sites excluding steroid dienone is 4. The van der Waals surface area contributed by atoms with Gasteiger partial charge >= 0.3 is 0 Å². The van der Waals surface area contributed by atoms with Crippen LogP contribution in [0.5, 0.6) is 0 Å². The highest BCUT2D eigenvalue weighted by molar-refractivity contribution is 7.85. The third kappa shape index (κ3) is 3.58. The van der Waals surface area contributed by atoms with E-state index in [9.17, 15) is 8.42 Å². The first kappa shape index (κ1) is 14.1. The highest BCUT2D eigenvalue weighted by Gasteiger charge is 2.13. The van der Waals surface area contributed by atoms with Crippen LogP contribution in [0.2, 0.25) is 0 Å². The third-order valence-electron chi connectivity index (χ3n) is 3.35. The Balaban J connectivity index is 2.11. The SMILES string of the molecule is CC1=CC=C(c2ccc(C)n2CCCS(=O)(=O)O)C1. The fourth-order valence-electron chi connectivity index (χ4n) is 2.39. The van der Waals surface area contributed by atoms with Gasteiger partial charge < -0.3 is 4.57 Å². The molecule has 0 radical (unpaired) electrons. The van der Waals surface area contributed by atoms with Crippen molar-refractivity contribution in [2.45, 2.75) is 33.2 Å². The second kappa shape index (κ2) is 5.35. The summed E-state index contributed by atoms with van der Waals surface area (Å²) in [6.45, 7) is 4.71. The molecule has 0 bridgehead atoms. The van der Waals surface area contributed by atoms with E-state index in [-0.39, 0.29) is 5.75 Å². The van der Waals surface area contributed by atoms with E-state index in [1.165, 1.54) is 11.1 Å². The van der Waals surface area contributed by atoms with Gasteiger partial charge in [0.2, 0.25) is 0 Å². The molecule has 1 aromatic rings. The Kier molecular flexibility index (Phi) is 3.96. The average Bonchev–Trinajstić information content (AvgIpc) is 2.85. The number of hydrogen-bond acceptors (Lipinski definition) is 2. The summed E-state index contributed by atoms with van der Waals surface area (Å²) >= 11 is 0. The Morgan fingerprint density at radius 1 is 1.26 bits per heavy atom. The summed E-state index contributed by atoms with van der Waals surface area (Å²) in [7, 11) is -3.87. The van der Waals surface area contributed by atoms with Gasteiger partial charge in [-0.3, -0.25) is 4.55 Å². The standard InChI is InChI=1S/C14H19NO3S/c1-11-4-6-13(10-11)14-7-5-12(2)15(14)8-3-9-19(16,17)18/h4-7H,3,8-10H2,1-2H3,(H,16,17,18). The van der Waals surface area contributed by atoms with Crippen molar-refractivity contribution in [2.75, 3.05) is 5.75 Å². The van der Waals surface area contributed by atoms with Gasteiger partial charge in [0.25, 0.3) is 10.1 Å². The molecule has 0 aliphatic heterocycles. The van der Waals surface area contributed by atoms with E-state index < -0.39 is 10.1 Å². The van der Waals surface area contributed by atoms with Crippen molar-refractivity contribution in [1.29, 1.82) is 0 Å². The highest BCUT2D eigenvalue weighted by atomic mass is 32.2. The molecule has 0 saturated carbocycles. The Hall–Kier alpha value is -1.33. The zero-order valence-electron chi connectivity index (χ0n) is 11.3. The van der Waals surface area contributed by atoms with Crippen LogP contribution in [0.1, 0.15) is 31.2 Å². The lowest BCUT2D eigenvalue weighted by molar-refractivity contribution is 0.478. The second-order valence-corrected chi connectivity index (χ2v) is 6.60. The number of rotatable bonds is 5. The van der Waals surface area contributed by atoms with Crippen molar-refractivity contribution < 1.29 is 13.0 Å². The number of aryl methyl sites for hydroxylation is 1.